The van der Waals surface area contributed by atoms with Gasteiger partial charge >= 0.3 is 0 Å². The van der Waals surface area contributed by atoms with Crippen molar-refractivity contribution in [1.82, 2.24) is 10.2 Å². The van der Waals surface area contributed by atoms with Gasteiger partial charge in [0.05, 0.1) is 5.69 Å². The maximum atomic E-state index is 13.7. The molecular weight excluding hydrogens is 303 g/mol. The largest absolute Gasteiger partial charge is 0.336 e. The first-order valence-electron chi connectivity index (χ1n) is 5.89. The van der Waals surface area contributed by atoms with Gasteiger partial charge in [0, 0.05) is 22.9 Å². The standard InChI is InChI=1S/C14H7ClF3N3/c15-13-8-3-1-2-4-9(8)14(21-20-13)19-11-6-7(16)5-10(17)12(11)18/h1-6H,(H,19,21). The number of nitrogens with one attached hydrogen (secondary N) is 1. The van der Waals surface area contributed by atoms with E-state index in [1.165, 1.54) is 0 Å². The Morgan fingerprint density at radius 3 is 2.43 bits per heavy atom. The molecule has 0 aliphatic rings. The summed E-state index contributed by atoms with van der Waals surface area (Å²) in [6.45, 7) is 0. The van der Waals surface area contributed by atoms with Crippen molar-refractivity contribution in [3.8, 4) is 0 Å². The number of fused-ring (bicyclic) bond motifs is 1. The van der Waals surface area contributed by atoms with Crippen LogP contribution in [0.4, 0.5) is 24.7 Å². The summed E-state index contributed by atoms with van der Waals surface area (Å²) < 4.78 is 40.1. The third-order valence-corrected chi connectivity index (χ3v) is 3.17. The molecule has 0 unspecified atom stereocenters. The minimum Gasteiger partial charge on any atom is -0.336 e. The van der Waals surface area contributed by atoms with Gasteiger partial charge < -0.3 is 5.32 Å². The molecule has 0 amide bonds. The molecule has 3 nitrogen and oxygen atoms in total. The van der Waals surface area contributed by atoms with Crippen molar-refractivity contribution in [2.45, 2.75) is 0 Å². The molecule has 0 radical (unpaired) electrons. The molecule has 2 aromatic carbocycles. The van der Waals surface area contributed by atoms with E-state index in [9.17, 15) is 13.2 Å². The molecule has 1 aromatic heterocycles. The predicted octanol–water partition coefficient (Wildman–Crippen LogP) is 4.44. The van der Waals surface area contributed by atoms with E-state index < -0.39 is 17.5 Å². The molecule has 7 heteroatoms. The first-order valence-corrected chi connectivity index (χ1v) is 6.26. The minimum absolute atomic E-state index is 0.152. The lowest BCUT2D eigenvalue weighted by atomic mass is 10.2. The van der Waals surface area contributed by atoms with E-state index >= 15 is 0 Å². The summed E-state index contributed by atoms with van der Waals surface area (Å²) in [6.07, 6.45) is 0. The maximum Gasteiger partial charge on any atom is 0.182 e. The summed E-state index contributed by atoms with van der Waals surface area (Å²) in [5, 5.41) is 11.4. The summed E-state index contributed by atoms with van der Waals surface area (Å²) in [5.41, 5.74) is -0.366. The fourth-order valence-electron chi connectivity index (χ4n) is 1.94. The number of hydrogen-bond donors (Lipinski definition) is 1. The van der Waals surface area contributed by atoms with Crippen molar-refractivity contribution in [2.75, 3.05) is 5.32 Å². The summed E-state index contributed by atoms with van der Waals surface area (Å²) in [6, 6.07) is 8.18. The van der Waals surface area contributed by atoms with Gasteiger partial charge in [-0.1, -0.05) is 35.9 Å². The first-order chi connectivity index (χ1) is 10.1. The van der Waals surface area contributed by atoms with E-state index in [1.807, 2.05) is 0 Å². The zero-order valence-corrected chi connectivity index (χ0v) is 11.1. The fourth-order valence-corrected chi connectivity index (χ4v) is 2.14. The molecule has 0 saturated carbocycles. The van der Waals surface area contributed by atoms with E-state index in [4.69, 9.17) is 11.6 Å². The third-order valence-electron chi connectivity index (χ3n) is 2.89. The van der Waals surface area contributed by atoms with Crippen molar-refractivity contribution in [3.05, 3.63) is 59.0 Å². The highest BCUT2D eigenvalue weighted by atomic mass is 35.5. The Morgan fingerprint density at radius 2 is 1.67 bits per heavy atom. The van der Waals surface area contributed by atoms with Crippen LogP contribution in [0.2, 0.25) is 5.15 Å². The molecule has 3 aromatic rings. The van der Waals surface area contributed by atoms with Crippen molar-refractivity contribution in [3.63, 3.8) is 0 Å². The van der Waals surface area contributed by atoms with Crippen LogP contribution in [0.15, 0.2) is 36.4 Å². The lowest BCUT2D eigenvalue weighted by molar-refractivity contribution is 0.498. The van der Waals surface area contributed by atoms with Crippen LogP contribution < -0.4 is 5.32 Å². The predicted molar refractivity (Wildman–Crippen MR) is 74.1 cm³/mol. The normalized spacial score (nSPS) is 10.9. The van der Waals surface area contributed by atoms with Gasteiger partial charge in [0.1, 0.15) is 5.82 Å². The molecule has 106 valence electrons. The van der Waals surface area contributed by atoms with Gasteiger partial charge in [-0.2, -0.15) is 0 Å². The number of aromatic nitrogens is 2. The topological polar surface area (TPSA) is 37.8 Å². The molecule has 21 heavy (non-hydrogen) atoms. The van der Waals surface area contributed by atoms with Crippen LogP contribution in [0.1, 0.15) is 0 Å². The van der Waals surface area contributed by atoms with E-state index in [0.29, 0.717) is 16.8 Å². The van der Waals surface area contributed by atoms with Gasteiger partial charge in [0.25, 0.3) is 0 Å². The highest BCUT2D eigenvalue weighted by molar-refractivity contribution is 6.34. The quantitative estimate of drug-likeness (QED) is 0.711. The summed E-state index contributed by atoms with van der Waals surface area (Å²) in [7, 11) is 0. The number of anilines is 2. The van der Waals surface area contributed by atoms with Crippen molar-refractivity contribution < 1.29 is 13.2 Å². The Hall–Kier alpha value is -2.34. The molecule has 3 rings (SSSR count). The second-order valence-corrected chi connectivity index (χ2v) is 4.62. The Morgan fingerprint density at radius 1 is 0.952 bits per heavy atom. The molecule has 0 spiro atoms. The monoisotopic (exact) mass is 309 g/mol. The van der Waals surface area contributed by atoms with Crippen LogP contribution in [-0.4, -0.2) is 10.2 Å². The van der Waals surface area contributed by atoms with Gasteiger partial charge in [-0.25, -0.2) is 13.2 Å². The average Bonchev–Trinajstić information content (AvgIpc) is 2.47. The van der Waals surface area contributed by atoms with E-state index in [0.717, 1.165) is 6.07 Å². The van der Waals surface area contributed by atoms with Gasteiger partial charge in [-0.3, -0.25) is 0 Å². The second-order valence-electron chi connectivity index (χ2n) is 4.26. The molecule has 1 heterocycles. The number of hydrogen-bond acceptors (Lipinski definition) is 3. The van der Waals surface area contributed by atoms with Gasteiger partial charge in [-0.05, 0) is 0 Å². The SMILES string of the molecule is Fc1cc(F)c(F)c(Nc2nnc(Cl)c3ccccc23)c1. The molecule has 0 atom stereocenters. The van der Waals surface area contributed by atoms with Crippen LogP contribution >= 0.6 is 11.6 Å². The van der Waals surface area contributed by atoms with Gasteiger partial charge in [-0.15, -0.1) is 10.2 Å². The van der Waals surface area contributed by atoms with Crippen molar-refractivity contribution in [2.24, 2.45) is 0 Å². The summed E-state index contributed by atoms with van der Waals surface area (Å²) >= 11 is 5.92. The molecule has 0 aliphatic carbocycles. The van der Waals surface area contributed by atoms with Crippen LogP contribution in [-0.2, 0) is 0 Å². The number of nitrogens with zero attached hydrogens (tertiary/aromatic N) is 2. The Kier molecular flexibility index (Phi) is 3.39. The molecule has 0 aliphatic heterocycles. The summed E-state index contributed by atoms with van der Waals surface area (Å²) in [4.78, 5) is 0. The van der Waals surface area contributed by atoms with E-state index in [2.05, 4.69) is 15.5 Å². The molecule has 0 fully saturated rings. The zero-order valence-electron chi connectivity index (χ0n) is 10.4. The van der Waals surface area contributed by atoms with E-state index in [-0.39, 0.29) is 16.7 Å². The molecule has 0 bridgehead atoms. The zero-order chi connectivity index (χ0) is 15.0. The lowest BCUT2D eigenvalue weighted by Crippen LogP contribution is -2.01. The first kappa shape index (κ1) is 13.6. The summed E-state index contributed by atoms with van der Waals surface area (Å²) in [5.74, 6) is -3.23. The van der Waals surface area contributed by atoms with Crippen LogP contribution in [0, 0.1) is 17.5 Å². The molecular formula is C14H7ClF3N3. The number of rotatable bonds is 2. The number of halogens is 4. The molecule has 1 N–H and O–H groups in total. The molecule has 0 saturated heterocycles. The van der Waals surface area contributed by atoms with Crippen LogP contribution in [0.5, 0.6) is 0 Å². The van der Waals surface area contributed by atoms with Crippen LogP contribution in [0.3, 0.4) is 0 Å². The highest BCUT2D eigenvalue weighted by Crippen LogP contribution is 2.29. The Bertz CT molecular complexity index is 839. The Labute approximate surface area is 122 Å². The van der Waals surface area contributed by atoms with Crippen molar-refractivity contribution >= 4 is 33.9 Å². The number of benzene rings is 2. The Balaban J connectivity index is 2.13. The second kappa shape index (κ2) is 5.21. The smallest absolute Gasteiger partial charge is 0.182 e. The average molecular weight is 310 g/mol. The maximum absolute atomic E-state index is 13.7. The minimum atomic E-state index is -1.29. The van der Waals surface area contributed by atoms with E-state index in [1.54, 1.807) is 24.3 Å². The van der Waals surface area contributed by atoms with Crippen molar-refractivity contribution in [1.29, 1.82) is 0 Å². The van der Waals surface area contributed by atoms with Gasteiger partial charge in [0.15, 0.2) is 22.6 Å². The van der Waals surface area contributed by atoms with Crippen LogP contribution in [0.25, 0.3) is 10.8 Å². The lowest BCUT2D eigenvalue weighted by Gasteiger charge is -2.10. The fraction of sp³-hybridized carbons (Fsp3) is 0. The highest BCUT2D eigenvalue weighted by Gasteiger charge is 2.14. The van der Waals surface area contributed by atoms with Gasteiger partial charge in [0.2, 0.25) is 0 Å². The third kappa shape index (κ3) is 2.50.